The Morgan fingerprint density at radius 3 is 2.62 bits per heavy atom. The number of aliphatic carboxylic acids is 1. The van der Waals surface area contributed by atoms with Crippen LogP contribution >= 0.6 is 70.2 Å². The van der Waals surface area contributed by atoms with Gasteiger partial charge in [0.15, 0.2) is 0 Å². The molecule has 0 spiro atoms. The lowest BCUT2D eigenvalue weighted by molar-refractivity contribution is -0.150. The van der Waals surface area contributed by atoms with Gasteiger partial charge in [0, 0.05) is 21.6 Å². The number of carbonyl (C=O) groups excluding carboxylic acids is 2. The number of thioether (sulfide) groups is 4. The van der Waals surface area contributed by atoms with Crippen molar-refractivity contribution in [1.29, 1.82) is 0 Å². The van der Waals surface area contributed by atoms with E-state index in [0.717, 1.165) is 0 Å². The number of aromatic nitrogens is 3. The van der Waals surface area contributed by atoms with Crippen LogP contribution in [0.3, 0.4) is 0 Å². The van der Waals surface area contributed by atoms with Crippen LogP contribution in [0.15, 0.2) is 43.5 Å². The summed E-state index contributed by atoms with van der Waals surface area (Å²) < 4.78 is -0.228. The van der Waals surface area contributed by atoms with Gasteiger partial charge in [0.05, 0.1) is 10.3 Å². The van der Waals surface area contributed by atoms with Crippen molar-refractivity contribution in [3.63, 3.8) is 0 Å². The molecule has 11 nitrogen and oxygen atoms in total. The Morgan fingerprint density at radius 1 is 1.27 bits per heavy atom. The molecule has 5 N–H and O–H groups in total. The normalized spacial score (nSPS) is 19.8. The van der Waals surface area contributed by atoms with Gasteiger partial charge in [-0.25, -0.2) is 14.8 Å². The van der Waals surface area contributed by atoms with Gasteiger partial charge >= 0.3 is 5.97 Å². The summed E-state index contributed by atoms with van der Waals surface area (Å²) in [5, 5.41) is 12.8. The number of β-lactam (4-membered cyclic amide) rings is 1. The van der Waals surface area contributed by atoms with Crippen molar-refractivity contribution in [2.75, 3.05) is 17.2 Å². The molecule has 0 bridgehead atoms. The number of hydrogen-bond acceptors (Lipinski definition) is 11. The van der Waals surface area contributed by atoms with Gasteiger partial charge in [-0.15, -0.1) is 35.3 Å². The number of nitrogens with zero attached hydrogens (tertiary/aromatic N) is 3. The number of nitrogens with one attached hydrogen (secondary N) is 2. The third-order valence-corrected chi connectivity index (χ3v) is 10.0. The minimum Gasteiger partial charge on any atom is -0.477 e. The number of rotatable bonds is 9. The zero-order valence-corrected chi connectivity index (χ0v) is 23.5. The molecule has 0 saturated carbocycles. The number of hydrogen-bond donors (Lipinski definition) is 4. The largest absolute Gasteiger partial charge is 0.477 e. The molecule has 1 unspecified atom stereocenters. The average molecular weight is 622 g/mol. The van der Waals surface area contributed by atoms with Crippen molar-refractivity contribution in [3.05, 3.63) is 49.5 Å². The summed E-state index contributed by atoms with van der Waals surface area (Å²) in [7, 11) is 0. The molecule has 0 aromatic carbocycles. The van der Waals surface area contributed by atoms with E-state index in [1.807, 2.05) is 6.92 Å². The molecule has 37 heavy (non-hydrogen) atoms. The standard InChI is InChI=1S/C20H18Cl2N6O5S4/c1-7(37-14-4-12(29)26-20(23)27-14)36-9-5-35-18-15(17(31)28(18)16(9)19(32)33)25-13(30)6-34-8-2-10(21)24-11(22)3-8/h2-4,7,15,18H,5-6H2,1H3,(H,25,30)(H,32,33)(H3,23,26,27,29)/t7?,15-,18-/m1/s1. The highest BCUT2D eigenvalue weighted by Crippen LogP contribution is 2.46. The maximum Gasteiger partial charge on any atom is 0.353 e. The molecule has 1 saturated heterocycles. The Labute approximate surface area is 237 Å². The topological polar surface area (TPSA) is 171 Å². The molecule has 4 rings (SSSR count). The van der Waals surface area contributed by atoms with Crippen molar-refractivity contribution in [2.45, 2.75) is 32.8 Å². The molecule has 4 heterocycles. The highest BCUT2D eigenvalue weighted by atomic mass is 35.5. The Bertz CT molecular complexity index is 1340. The highest BCUT2D eigenvalue weighted by Gasteiger charge is 2.54. The molecule has 0 aliphatic carbocycles. The summed E-state index contributed by atoms with van der Waals surface area (Å²) in [6, 6.07) is 3.61. The lowest BCUT2D eigenvalue weighted by atomic mass is 10.1. The second kappa shape index (κ2) is 11.8. The first kappa shape index (κ1) is 28.0. The Kier molecular flexibility index (Phi) is 8.91. The second-order valence-corrected chi connectivity index (χ2v) is 13.6. The number of pyridine rings is 1. The van der Waals surface area contributed by atoms with Crippen LogP contribution in [0, 0.1) is 0 Å². The van der Waals surface area contributed by atoms with Crippen molar-refractivity contribution in [3.8, 4) is 0 Å². The van der Waals surface area contributed by atoms with Gasteiger partial charge in [-0.2, -0.15) is 0 Å². The van der Waals surface area contributed by atoms with E-state index in [0.29, 0.717) is 20.6 Å². The molecule has 196 valence electrons. The number of aromatic amines is 1. The van der Waals surface area contributed by atoms with Gasteiger partial charge in [0.25, 0.3) is 11.5 Å². The van der Waals surface area contributed by atoms with E-state index >= 15 is 0 Å². The number of carboxylic acids is 1. The van der Waals surface area contributed by atoms with Crippen LogP contribution in [0.25, 0.3) is 0 Å². The fourth-order valence-corrected chi connectivity index (χ4v) is 8.71. The fraction of sp³-hybridized carbons (Fsp3) is 0.300. The van der Waals surface area contributed by atoms with E-state index in [2.05, 4.69) is 20.3 Å². The summed E-state index contributed by atoms with van der Waals surface area (Å²) in [6.07, 6.45) is 0. The molecule has 2 aliphatic heterocycles. The Hall–Kier alpha value is -2.04. The minimum atomic E-state index is -1.23. The SMILES string of the molecule is CC(SC1=C(C(=O)O)N2C(=O)[C@@H](NC(=O)CSc3cc(Cl)nc(Cl)c3)[C@H]2SC1)Sc1cc(=O)[nH]c(N)n1. The number of carbonyl (C=O) groups is 3. The number of amides is 2. The first-order chi connectivity index (χ1) is 17.5. The first-order valence-electron chi connectivity index (χ1n) is 10.4. The van der Waals surface area contributed by atoms with Crippen LogP contribution in [0.2, 0.25) is 10.3 Å². The van der Waals surface area contributed by atoms with E-state index in [9.17, 15) is 24.3 Å². The van der Waals surface area contributed by atoms with Crippen LogP contribution in [0.4, 0.5) is 5.95 Å². The van der Waals surface area contributed by atoms with E-state index in [1.165, 1.54) is 58.0 Å². The van der Waals surface area contributed by atoms with Crippen molar-refractivity contribution in [2.24, 2.45) is 0 Å². The van der Waals surface area contributed by atoms with Crippen molar-refractivity contribution >= 4 is 94.0 Å². The van der Waals surface area contributed by atoms with E-state index in [1.54, 1.807) is 12.1 Å². The molecular formula is C20H18Cl2N6O5S4. The van der Waals surface area contributed by atoms with Crippen molar-refractivity contribution in [1.82, 2.24) is 25.2 Å². The first-order valence-corrected chi connectivity index (χ1v) is 14.9. The predicted octanol–water partition coefficient (Wildman–Crippen LogP) is 2.71. The molecule has 2 aliphatic rings. The van der Waals surface area contributed by atoms with Crippen LogP contribution in [-0.4, -0.2) is 70.2 Å². The van der Waals surface area contributed by atoms with Gasteiger partial charge in [-0.3, -0.25) is 24.3 Å². The zero-order valence-electron chi connectivity index (χ0n) is 18.8. The number of carboxylic acid groups (broad SMARTS) is 1. The van der Waals surface area contributed by atoms with E-state index < -0.39 is 23.3 Å². The van der Waals surface area contributed by atoms with Gasteiger partial charge in [-0.1, -0.05) is 35.0 Å². The summed E-state index contributed by atoms with van der Waals surface area (Å²) in [4.78, 5) is 61.7. The van der Waals surface area contributed by atoms with Crippen LogP contribution < -0.4 is 16.6 Å². The maximum atomic E-state index is 12.9. The molecule has 2 amide bonds. The third kappa shape index (κ3) is 6.70. The zero-order chi connectivity index (χ0) is 26.9. The number of nitrogen functional groups attached to an aromatic ring is 1. The number of halogens is 2. The van der Waals surface area contributed by atoms with Gasteiger partial charge in [0.2, 0.25) is 11.9 Å². The minimum absolute atomic E-state index is 0.0101. The maximum absolute atomic E-state index is 12.9. The van der Waals surface area contributed by atoms with Gasteiger partial charge in [0.1, 0.15) is 32.4 Å². The van der Waals surface area contributed by atoms with Crippen LogP contribution in [0.1, 0.15) is 6.92 Å². The fourth-order valence-electron chi connectivity index (χ4n) is 3.48. The monoisotopic (exact) mass is 620 g/mol. The van der Waals surface area contributed by atoms with Gasteiger partial charge in [-0.05, 0) is 19.1 Å². The number of H-pyrrole nitrogens is 1. The Morgan fingerprint density at radius 2 is 1.97 bits per heavy atom. The summed E-state index contributed by atoms with van der Waals surface area (Å²) in [5.41, 5.74) is 5.08. The number of anilines is 1. The van der Waals surface area contributed by atoms with Crippen LogP contribution in [-0.2, 0) is 14.4 Å². The Balaban J connectivity index is 1.39. The average Bonchev–Trinajstić information content (AvgIpc) is 2.79. The van der Waals surface area contributed by atoms with E-state index in [4.69, 9.17) is 28.9 Å². The molecule has 3 atom stereocenters. The smallest absolute Gasteiger partial charge is 0.353 e. The lowest BCUT2D eigenvalue weighted by Gasteiger charge is -2.49. The van der Waals surface area contributed by atoms with Crippen LogP contribution in [0.5, 0.6) is 0 Å². The summed E-state index contributed by atoms with van der Waals surface area (Å²) in [5.74, 6) is -1.78. The third-order valence-electron chi connectivity index (χ3n) is 4.89. The molecule has 2 aromatic rings. The van der Waals surface area contributed by atoms with Gasteiger partial charge < -0.3 is 16.2 Å². The summed E-state index contributed by atoms with van der Waals surface area (Å²) >= 11 is 16.8. The molecule has 2 aromatic heterocycles. The molecule has 17 heteroatoms. The predicted molar refractivity (Wildman–Crippen MR) is 147 cm³/mol. The lowest BCUT2D eigenvalue weighted by Crippen LogP contribution is -2.70. The number of fused-ring (bicyclic) bond motifs is 1. The highest BCUT2D eigenvalue weighted by molar-refractivity contribution is 8.19. The number of nitrogens with two attached hydrogens (primary N) is 1. The molecule has 0 radical (unpaired) electrons. The van der Waals surface area contributed by atoms with Crippen molar-refractivity contribution < 1.29 is 19.5 Å². The van der Waals surface area contributed by atoms with E-state index in [-0.39, 0.29) is 43.8 Å². The quantitative estimate of drug-likeness (QED) is 0.106. The summed E-state index contributed by atoms with van der Waals surface area (Å²) in [6.45, 7) is 1.83. The molecular weight excluding hydrogens is 603 g/mol. The second-order valence-electron chi connectivity index (χ2n) is 7.54. The molecule has 1 fully saturated rings.